The van der Waals surface area contributed by atoms with Crippen LogP contribution in [-0.4, -0.2) is 52.8 Å². The van der Waals surface area contributed by atoms with Crippen LogP contribution in [0.15, 0.2) is 42.6 Å². The van der Waals surface area contributed by atoms with E-state index in [1.54, 1.807) is 7.11 Å². The van der Waals surface area contributed by atoms with Gasteiger partial charge >= 0.3 is 0 Å². The summed E-state index contributed by atoms with van der Waals surface area (Å²) in [7, 11) is 1.72. The molecule has 0 aliphatic carbocycles. The van der Waals surface area contributed by atoms with Gasteiger partial charge in [-0.3, -0.25) is 4.90 Å². The van der Waals surface area contributed by atoms with Gasteiger partial charge in [0.2, 0.25) is 0 Å². The summed E-state index contributed by atoms with van der Waals surface area (Å²) in [4.78, 5) is 9.82. The molecule has 0 bridgehead atoms. The largest absolute Gasteiger partial charge is 0.497 e. The van der Waals surface area contributed by atoms with Crippen LogP contribution in [0.4, 0.5) is 5.69 Å². The first-order valence-electron chi connectivity index (χ1n) is 10.7. The zero-order valence-corrected chi connectivity index (χ0v) is 17.1. The fourth-order valence-corrected chi connectivity index (χ4v) is 4.66. The standard InChI is InChI=1S/C23H29N5O/c1-29-21-8-4-6-18(14-21)15-26-11-5-7-19(16-26)23-24-22-10-9-20(17-28(22)25-23)27-12-2-3-13-27/h4,6,8-10,14,17,19H,2-3,5,7,11-13,15-16H2,1H3/t19-/m1/s1. The number of nitrogens with zero attached hydrogens (tertiary/aromatic N) is 5. The van der Waals surface area contributed by atoms with Crippen molar-refractivity contribution in [3.8, 4) is 5.75 Å². The zero-order chi connectivity index (χ0) is 19.6. The summed E-state index contributed by atoms with van der Waals surface area (Å²) < 4.78 is 7.35. The number of hydrogen-bond acceptors (Lipinski definition) is 5. The molecule has 0 N–H and O–H groups in total. The molecule has 1 atom stereocenters. The lowest BCUT2D eigenvalue weighted by atomic mass is 9.97. The first kappa shape index (κ1) is 18.4. The van der Waals surface area contributed by atoms with Gasteiger partial charge in [0.05, 0.1) is 19.0 Å². The fraction of sp³-hybridized carbons (Fsp3) is 0.478. The van der Waals surface area contributed by atoms with E-state index >= 15 is 0 Å². The number of aromatic nitrogens is 3. The highest BCUT2D eigenvalue weighted by Crippen LogP contribution is 2.27. The van der Waals surface area contributed by atoms with Crippen molar-refractivity contribution in [2.24, 2.45) is 0 Å². The van der Waals surface area contributed by atoms with Crippen molar-refractivity contribution in [3.63, 3.8) is 0 Å². The average molecular weight is 392 g/mol. The molecule has 2 aliphatic rings. The molecule has 2 saturated heterocycles. The van der Waals surface area contributed by atoms with Gasteiger partial charge in [0.15, 0.2) is 11.5 Å². The van der Waals surface area contributed by atoms with Gasteiger partial charge in [0.25, 0.3) is 0 Å². The summed E-state index contributed by atoms with van der Waals surface area (Å²) in [5, 5.41) is 4.87. The van der Waals surface area contributed by atoms with E-state index in [0.717, 1.165) is 56.4 Å². The second-order valence-electron chi connectivity index (χ2n) is 8.28. The zero-order valence-electron chi connectivity index (χ0n) is 17.1. The van der Waals surface area contributed by atoms with E-state index < -0.39 is 0 Å². The van der Waals surface area contributed by atoms with Crippen LogP contribution in [0.3, 0.4) is 0 Å². The smallest absolute Gasteiger partial charge is 0.156 e. The third kappa shape index (κ3) is 3.94. The summed E-state index contributed by atoms with van der Waals surface area (Å²) >= 11 is 0. The Morgan fingerprint density at radius 1 is 1.07 bits per heavy atom. The minimum atomic E-state index is 0.393. The van der Waals surface area contributed by atoms with Crippen molar-refractivity contribution in [3.05, 3.63) is 54.0 Å². The van der Waals surface area contributed by atoms with Crippen LogP contribution < -0.4 is 9.64 Å². The van der Waals surface area contributed by atoms with Crippen LogP contribution in [0.2, 0.25) is 0 Å². The van der Waals surface area contributed by atoms with Gasteiger partial charge in [-0.25, -0.2) is 9.50 Å². The highest BCUT2D eigenvalue weighted by atomic mass is 16.5. The predicted molar refractivity (Wildman–Crippen MR) is 115 cm³/mol. The number of rotatable bonds is 5. The molecule has 152 valence electrons. The Balaban J connectivity index is 1.31. The number of piperidine rings is 1. The summed E-state index contributed by atoms with van der Waals surface area (Å²) in [6, 6.07) is 12.7. The van der Waals surface area contributed by atoms with Crippen LogP contribution >= 0.6 is 0 Å². The number of methoxy groups -OCH3 is 1. The number of likely N-dealkylation sites (tertiary alicyclic amines) is 1. The molecular formula is C23H29N5O. The maximum absolute atomic E-state index is 5.37. The second-order valence-corrected chi connectivity index (χ2v) is 8.28. The van der Waals surface area contributed by atoms with Crippen LogP contribution in [0.5, 0.6) is 5.75 Å². The molecule has 6 heteroatoms. The van der Waals surface area contributed by atoms with E-state index in [4.69, 9.17) is 14.8 Å². The minimum absolute atomic E-state index is 0.393. The van der Waals surface area contributed by atoms with Crippen molar-refractivity contribution >= 4 is 11.3 Å². The highest BCUT2D eigenvalue weighted by Gasteiger charge is 2.25. The average Bonchev–Trinajstić information content (AvgIpc) is 3.43. The van der Waals surface area contributed by atoms with Gasteiger partial charge in [0.1, 0.15) is 5.75 Å². The van der Waals surface area contributed by atoms with Crippen LogP contribution in [0.25, 0.3) is 5.65 Å². The third-order valence-electron chi connectivity index (χ3n) is 6.21. The summed E-state index contributed by atoms with van der Waals surface area (Å²) in [5.74, 6) is 2.30. The molecule has 4 heterocycles. The molecule has 2 aliphatic heterocycles. The number of ether oxygens (including phenoxy) is 1. The lowest BCUT2D eigenvalue weighted by Crippen LogP contribution is -2.34. The molecule has 0 saturated carbocycles. The topological polar surface area (TPSA) is 45.9 Å². The molecule has 29 heavy (non-hydrogen) atoms. The molecule has 0 amide bonds. The molecule has 0 radical (unpaired) electrons. The Morgan fingerprint density at radius 2 is 1.97 bits per heavy atom. The van der Waals surface area contributed by atoms with E-state index in [9.17, 15) is 0 Å². The monoisotopic (exact) mass is 391 g/mol. The van der Waals surface area contributed by atoms with Crippen LogP contribution in [0, 0.1) is 0 Å². The molecule has 2 aromatic heterocycles. The van der Waals surface area contributed by atoms with Crippen molar-refractivity contribution in [2.75, 3.05) is 38.2 Å². The van der Waals surface area contributed by atoms with Gasteiger partial charge in [-0.1, -0.05) is 12.1 Å². The van der Waals surface area contributed by atoms with Gasteiger partial charge in [-0.05, 0) is 62.1 Å². The third-order valence-corrected chi connectivity index (χ3v) is 6.21. The molecule has 0 spiro atoms. The lowest BCUT2D eigenvalue weighted by Gasteiger charge is -2.31. The van der Waals surface area contributed by atoms with E-state index in [1.165, 1.54) is 30.5 Å². The SMILES string of the molecule is COc1cccc(CN2CCC[C@@H](c3nc4ccc(N5CCCC5)cn4n3)C2)c1. The highest BCUT2D eigenvalue weighted by molar-refractivity contribution is 5.52. The van der Waals surface area contributed by atoms with Crippen molar-refractivity contribution in [1.29, 1.82) is 0 Å². The minimum Gasteiger partial charge on any atom is -0.497 e. The number of benzene rings is 1. The maximum Gasteiger partial charge on any atom is 0.156 e. The summed E-state index contributed by atoms with van der Waals surface area (Å²) in [6.07, 6.45) is 7.05. The van der Waals surface area contributed by atoms with E-state index in [2.05, 4.69) is 46.3 Å². The number of pyridine rings is 1. The molecular weight excluding hydrogens is 362 g/mol. The van der Waals surface area contributed by atoms with E-state index in [-0.39, 0.29) is 0 Å². The Kier molecular flexibility index (Phi) is 5.10. The molecule has 6 nitrogen and oxygen atoms in total. The maximum atomic E-state index is 5.37. The van der Waals surface area contributed by atoms with Gasteiger partial charge in [0, 0.05) is 32.1 Å². The van der Waals surface area contributed by atoms with Gasteiger partial charge in [-0.15, -0.1) is 0 Å². The van der Waals surface area contributed by atoms with Crippen molar-refractivity contribution in [1.82, 2.24) is 19.5 Å². The van der Waals surface area contributed by atoms with Crippen molar-refractivity contribution < 1.29 is 4.74 Å². The molecule has 1 aromatic carbocycles. The second kappa shape index (κ2) is 8.03. The first-order chi connectivity index (χ1) is 14.3. The van der Waals surface area contributed by atoms with Crippen LogP contribution in [-0.2, 0) is 6.54 Å². The summed E-state index contributed by atoms with van der Waals surface area (Å²) in [6.45, 7) is 5.37. The number of hydrogen-bond donors (Lipinski definition) is 0. The number of anilines is 1. The first-order valence-corrected chi connectivity index (χ1v) is 10.7. The number of fused-ring (bicyclic) bond motifs is 1. The van der Waals surface area contributed by atoms with Crippen molar-refractivity contribution in [2.45, 2.75) is 38.1 Å². The van der Waals surface area contributed by atoms with E-state index in [0.29, 0.717) is 5.92 Å². The molecule has 2 fully saturated rings. The predicted octanol–water partition coefficient (Wildman–Crippen LogP) is 3.72. The van der Waals surface area contributed by atoms with Crippen LogP contribution in [0.1, 0.15) is 43.0 Å². The summed E-state index contributed by atoms with van der Waals surface area (Å²) in [5.41, 5.74) is 3.51. The normalized spacial score (nSPS) is 20.4. The lowest BCUT2D eigenvalue weighted by molar-refractivity contribution is 0.196. The molecule has 5 rings (SSSR count). The van der Waals surface area contributed by atoms with Gasteiger partial charge in [-0.2, -0.15) is 5.10 Å². The molecule has 3 aromatic rings. The molecule has 0 unspecified atom stereocenters. The Labute approximate surface area is 172 Å². The van der Waals surface area contributed by atoms with E-state index in [1.807, 2.05) is 10.6 Å². The fourth-order valence-electron chi connectivity index (χ4n) is 4.66. The quantitative estimate of drug-likeness (QED) is 0.663. The Morgan fingerprint density at radius 3 is 2.83 bits per heavy atom. The Hall–Kier alpha value is -2.60. The van der Waals surface area contributed by atoms with Gasteiger partial charge < -0.3 is 9.64 Å². The Bertz CT molecular complexity index is 978.